The lowest BCUT2D eigenvalue weighted by Gasteiger charge is -2.09. The van der Waals surface area contributed by atoms with Crippen molar-refractivity contribution in [1.82, 2.24) is 0 Å². The largest absolute Gasteiger partial charge is 0.513 e. The summed E-state index contributed by atoms with van der Waals surface area (Å²) in [5.41, 5.74) is 0. The van der Waals surface area contributed by atoms with Gasteiger partial charge in [-0.2, -0.15) is 0 Å². The average Bonchev–Trinajstić information content (AvgIpc) is 2.27. The fraction of sp³-hybridized carbons (Fsp3) is 0.364. The molecule has 17 heavy (non-hydrogen) atoms. The average molecular weight is 298 g/mol. The molecule has 0 saturated heterocycles. The van der Waals surface area contributed by atoms with Crippen LogP contribution in [0.4, 0.5) is 4.79 Å². The third-order valence-corrected chi connectivity index (χ3v) is 3.00. The molecule has 0 amide bonds. The quantitative estimate of drug-likeness (QED) is 0.456. The SMILES string of the molecule is CC(C)COC(=O)Oc1ccc(Cl)c(Cl)c1Cl. The highest BCUT2D eigenvalue weighted by atomic mass is 35.5. The first-order valence-electron chi connectivity index (χ1n) is 4.90. The Labute approximate surface area is 115 Å². The fourth-order valence-electron chi connectivity index (χ4n) is 0.941. The molecule has 0 aliphatic carbocycles. The van der Waals surface area contributed by atoms with E-state index in [4.69, 9.17) is 44.3 Å². The summed E-state index contributed by atoms with van der Waals surface area (Å²) in [5, 5.41) is 0.516. The van der Waals surface area contributed by atoms with E-state index in [1.807, 2.05) is 13.8 Å². The first kappa shape index (κ1) is 14.4. The summed E-state index contributed by atoms with van der Waals surface area (Å²) in [6.45, 7) is 4.11. The molecule has 0 heterocycles. The molecule has 94 valence electrons. The molecular weight excluding hydrogens is 286 g/mol. The second-order valence-electron chi connectivity index (χ2n) is 3.73. The number of benzene rings is 1. The van der Waals surface area contributed by atoms with Crippen molar-refractivity contribution in [1.29, 1.82) is 0 Å². The van der Waals surface area contributed by atoms with Crippen LogP contribution in [-0.4, -0.2) is 12.8 Å². The monoisotopic (exact) mass is 296 g/mol. The van der Waals surface area contributed by atoms with Gasteiger partial charge in [0, 0.05) is 0 Å². The molecule has 1 aromatic rings. The summed E-state index contributed by atoms with van der Waals surface area (Å²) < 4.78 is 9.73. The van der Waals surface area contributed by atoms with Crippen LogP contribution < -0.4 is 4.74 Å². The molecule has 0 unspecified atom stereocenters. The van der Waals surface area contributed by atoms with E-state index in [0.29, 0.717) is 5.02 Å². The molecule has 1 rings (SSSR count). The summed E-state index contributed by atoms with van der Waals surface area (Å²) in [6, 6.07) is 2.94. The fourth-order valence-corrected chi connectivity index (χ4v) is 1.51. The van der Waals surface area contributed by atoms with E-state index < -0.39 is 6.16 Å². The van der Waals surface area contributed by atoms with Crippen molar-refractivity contribution in [3.05, 3.63) is 27.2 Å². The highest BCUT2D eigenvalue weighted by Gasteiger charge is 2.14. The Balaban J connectivity index is 2.69. The van der Waals surface area contributed by atoms with Crippen LogP contribution in [0.3, 0.4) is 0 Å². The second kappa shape index (κ2) is 6.34. The van der Waals surface area contributed by atoms with Crippen molar-refractivity contribution in [2.24, 2.45) is 5.92 Å². The van der Waals surface area contributed by atoms with Crippen molar-refractivity contribution in [3.63, 3.8) is 0 Å². The van der Waals surface area contributed by atoms with Gasteiger partial charge in [0.15, 0.2) is 5.75 Å². The summed E-state index contributed by atoms with van der Waals surface area (Å²) in [6.07, 6.45) is -0.820. The number of hydrogen-bond donors (Lipinski definition) is 0. The lowest BCUT2D eigenvalue weighted by molar-refractivity contribution is 0.0886. The maximum absolute atomic E-state index is 11.3. The third-order valence-electron chi connectivity index (χ3n) is 1.73. The standard InChI is InChI=1S/C11H11Cl3O3/c1-6(2)5-16-11(15)17-8-4-3-7(12)9(13)10(8)14/h3-4,6H,5H2,1-2H3. The van der Waals surface area contributed by atoms with E-state index in [1.165, 1.54) is 12.1 Å². The maximum atomic E-state index is 11.3. The number of rotatable bonds is 3. The number of halogens is 3. The van der Waals surface area contributed by atoms with Gasteiger partial charge in [-0.1, -0.05) is 48.7 Å². The zero-order chi connectivity index (χ0) is 13.0. The molecule has 3 nitrogen and oxygen atoms in total. The first-order chi connectivity index (χ1) is 7.91. The number of ether oxygens (including phenoxy) is 2. The second-order valence-corrected chi connectivity index (χ2v) is 4.89. The van der Waals surface area contributed by atoms with Crippen LogP contribution >= 0.6 is 34.8 Å². The lowest BCUT2D eigenvalue weighted by atomic mass is 10.2. The normalized spacial score (nSPS) is 10.5. The van der Waals surface area contributed by atoms with E-state index in [9.17, 15) is 4.79 Å². The molecular formula is C11H11Cl3O3. The van der Waals surface area contributed by atoms with Gasteiger partial charge in [0.2, 0.25) is 0 Å². The minimum atomic E-state index is -0.820. The molecule has 0 aliphatic heterocycles. The van der Waals surface area contributed by atoms with E-state index >= 15 is 0 Å². The Hall–Kier alpha value is -0.640. The highest BCUT2D eigenvalue weighted by Crippen LogP contribution is 2.37. The van der Waals surface area contributed by atoms with Gasteiger partial charge < -0.3 is 9.47 Å². The Morgan fingerprint density at radius 2 is 1.88 bits per heavy atom. The minimum Gasteiger partial charge on any atom is -0.434 e. The summed E-state index contributed by atoms with van der Waals surface area (Å²) >= 11 is 17.4. The summed E-state index contributed by atoms with van der Waals surface area (Å²) in [7, 11) is 0. The lowest BCUT2D eigenvalue weighted by Crippen LogP contribution is -2.14. The van der Waals surface area contributed by atoms with Crippen molar-refractivity contribution in [2.45, 2.75) is 13.8 Å². The van der Waals surface area contributed by atoms with Gasteiger partial charge in [-0.05, 0) is 18.1 Å². The van der Waals surface area contributed by atoms with Crippen LogP contribution in [0.2, 0.25) is 15.1 Å². The van der Waals surface area contributed by atoms with Gasteiger partial charge in [0.05, 0.1) is 16.7 Å². The Morgan fingerprint density at radius 1 is 1.24 bits per heavy atom. The molecule has 0 saturated carbocycles. The molecule has 6 heteroatoms. The van der Waals surface area contributed by atoms with Gasteiger partial charge in [-0.3, -0.25) is 0 Å². The zero-order valence-electron chi connectivity index (χ0n) is 9.30. The predicted molar refractivity (Wildman–Crippen MR) is 68.3 cm³/mol. The number of hydrogen-bond acceptors (Lipinski definition) is 3. The van der Waals surface area contributed by atoms with Crippen LogP contribution in [0.25, 0.3) is 0 Å². The van der Waals surface area contributed by atoms with Crippen LogP contribution in [0.15, 0.2) is 12.1 Å². The molecule has 0 spiro atoms. The zero-order valence-corrected chi connectivity index (χ0v) is 11.6. The minimum absolute atomic E-state index is 0.0839. The number of carbonyl (C=O) groups excluding carboxylic acids is 1. The molecule has 1 aromatic carbocycles. The summed E-state index contributed by atoms with van der Waals surface area (Å²) in [4.78, 5) is 11.3. The molecule has 0 N–H and O–H groups in total. The van der Waals surface area contributed by atoms with Crippen molar-refractivity contribution in [2.75, 3.05) is 6.61 Å². The molecule has 0 aliphatic rings. The van der Waals surface area contributed by atoms with Gasteiger partial charge in [0.1, 0.15) is 5.02 Å². The van der Waals surface area contributed by atoms with Crippen LogP contribution in [0.5, 0.6) is 5.75 Å². The van der Waals surface area contributed by atoms with E-state index in [-0.39, 0.29) is 28.3 Å². The van der Waals surface area contributed by atoms with Crippen molar-refractivity contribution >= 4 is 41.0 Å². The Bertz CT molecular complexity index is 419. The topological polar surface area (TPSA) is 35.5 Å². The van der Waals surface area contributed by atoms with Crippen molar-refractivity contribution in [3.8, 4) is 5.75 Å². The molecule has 0 atom stereocenters. The van der Waals surface area contributed by atoms with Gasteiger partial charge in [-0.15, -0.1) is 0 Å². The molecule has 0 bridgehead atoms. The Morgan fingerprint density at radius 3 is 2.47 bits per heavy atom. The molecule has 0 fully saturated rings. The van der Waals surface area contributed by atoms with Gasteiger partial charge in [0.25, 0.3) is 0 Å². The van der Waals surface area contributed by atoms with Gasteiger partial charge in [-0.25, -0.2) is 4.79 Å². The molecule has 0 radical (unpaired) electrons. The smallest absolute Gasteiger partial charge is 0.434 e. The van der Waals surface area contributed by atoms with Crippen LogP contribution in [0, 0.1) is 5.92 Å². The van der Waals surface area contributed by atoms with E-state index in [0.717, 1.165) is 0 Å². The van der Waals surface area contributed by atoms with Crippen molar-refractivity contribution < 1.29 is 14.3 Å². The Kier molecular flexibility index (Phi) is 5.37. The maximum Gasteiger partial charge on any atom is 0.513 e. The summed E-state index contributed by atoms with van der Waals surface area (Å²) in [5.74, 6) is 0.349. The van der Waals surface area contributed by atoms with E-state index in [1.54, 1.807) is 0 Å². The first-order valence-corrected chi connectivity index (χ1v) is 6.03. The highest BCUT2D eigenvalue weighted by molar-refractivity contribution is 6.48. The van der Waals surface area contributed by atoms with E-state index in [2.05, 4.69) is 0 Å². The van der Waals surface area contributed by atoms with Crippen LogP contribution in [0.1, 0.15) is 13.8 Å². The van der Waals surface area contributed by atoms with Gasteiger partial charge >= 0.3 is 6.16 Å². The third kappa shape index (κ3) is 4.26. The molecule has 0 aromatic heterocycles. The van der Waals surface area contributed by atoms with Crippen LogP contribution in [-0.2, 0) is 4.74 Å². The number of carbonyl (C=O) groups is 1. The predicted octanol–water partition coefficient (Wildman–Crippen LogP) is 4.82.